The van der Waals surface area contributed by atoms with Crippen molar-refractivity contribution in [1.82, 2.24) is 0 Å². The molecule has 0 fully saturated rings. The first kappa shape index (κ1) is 10.4. The third kappa shape index (κ3) is 2.28. The number of aldehydes is 1. The first-order valence-corrected chi connectivity index (χ1v) is 5.10. The van der Waals surface area contributed by atoms with Gasteiger partial charge in [-0.25, -0.2) is 0 Å². The van der Waals surface area contributed by atoms with Gasteiger partial charge in [0.25, 0.3) is 0 Å². The fourth-order valence-corrected chi connectivity index (χ4v) is 1.63. The van der Waals surface area contributed by atoms with Gasteiger partial charge in [-0.2, -0.15) is 0 Å². The molecule has 0 amide bonds. The van der Waals surface area contributed by atoms with Crippen LogP contribution in [0, 0.1) is 0 Å². The van der Waals surface area contributed by atoms with E-state index in [2.05, 4.69) is 0 Å². The molecule has 0 radical (unpaired) electrons. The predicted octanol–water partition coefficient (Wildman–Crippen LogP) is 2.80. The Morgan fingerprint density at radius 2 is 1.75 bits per heavy atom. The molecule has 0 aliphatic rings. The van der Waals surface area contributed by atoms with E-state index in [0.29, 0.717) is 11.8 Å². The smallest absolute Gasteiger partial charge is 0.153 e. The lowest BCUT2D eigenvalue weighted by Crippen LogP contribution is -1.89. The highest BCUT2D eigenvalue weighted by Gasteiger charge is 2.02. The molecular weight excluding hydrogens is 200 g/mol. The van der Waals surface area contributed by atoms with Gasteiger partial charge >= 0.3 is 0 Å². The SMILES string of the molecule is O=Cc1ccc(Cc2ccccc2)cc1O. The van der Waals surface area contributed by atoms with Crippen LogP contribution in [0.3, 0.4) is 0 Å². The van der Waals surface area contributed by atoms with Gasteiger partial charge in [0.1, 0.15) is 5.75 Å². The summed E-state index contributed by atoms with van der Waals surface area (Å²) in [5.41, 5.74) is 2.51. The summed E-state index contributed by atoms with van der Waals surface area (Å²) in [7, 11) is 0. The van der Waals surface area contributed by atoms with Crippen LogP contribution in [0.5, 0.6) is 5.75 Å². The van der Waals surface area contributed by atoms with E-state index in [0.717, 1.165) is 12.0 Å². The standard InChI is InChI=1S/C14H12O2/c15-10-13-7-6-12(9-14(13)16)8-11-4-2-1-3-5-11/h1-7,9-10,16H,8H2. The highest BCUT2D eigenvalue weighted by atomic mass is 16.3. The van der Waals surface area contributed by atoms with Crippen molar-refractivity contribution >= 4 is 6.29 Å². The van der Waals surface area contributed by atoms with Crippen LogP contribution in [-0.4, -0.2) is 11.4 Å². The van der Waals surface area contributed by atoms with Gasteiger partial charge in [0.05, 0.1) is 5.56 Å². The monoisotopic (exact) mass is 212 g/mol. The maximum Gasteiger partial charge on any atom is 0.153 e. The van der Waals surface area contributed by atoms with Crippen molar-refractivity contribution in [3.8, 4) is 5.75 Å². The Balaban J connectivity index is 2.23. The van der Waals surface area contributed by atoms with Gasteiger partial charge in [-0.1, -0.05) is 36.4 Å². The molecule has 0 bridgehead atoms. The summed E-state index contributed by atoms with van der Waals surface area (Å²) in [6.45, 7) is 0. The van der Waals surface area contributed by atoms with Gasteiger partial charge in [0, 0.05) is 0 Å². The van der Waals surface area contributed by atoms with E-state index in [4.69, 9.17) is 0 Å². The van der Waals surface area contributed by atoms with Crippen molar-refractivity contribution in [2.24, 2.45) is 0 Å². The van der Waals surface area contributed by atoms with Crippen LogP contribution < -0.4 is 0 Å². The van der Waals surface area contributed by atoms with E-state index in [9.17, 15) is 9.90 Å². The lowest BCUT2D eigenvalue weighted by atomic mass is 10.0. The molecule has 2 aromatic rings. The maximum absolute atomic E-state index is 10.5. The van der Waals surface area contributed by atoms with Gasteiger partial charge in [0.2, 0.25) is 0 Å². The molecule has 1 N–H and O–H groups in total. The summed E-state index contributed by atoms with van der Waals surface area (Å²) in [5, 5.41) is 9.54. The van der Waals surface area contributed by atoms with Crippen molar-refractivity contribution < 1.29 is 9.90 Å². The Labute approximate surface area is 94.2 Å². The molecule has 2 rings (SSSR count). The molecule has 0 aromatic heterocycles. The average molecular weight is 212 g/mol. The van der Waals surface area contributed by atoms with Crippen molar-refractivity contribution in [3.05, 3.63) is 65.2 Å². The number of hydrogen-bond donors (Lipinski definition) is 1. The fourth-order valence-electron chi connectivity index (χ4n) is 1.63. The first-order valence-electron chi connectivity index (χ1n) is 5.10. The van der Waals surface area contributed by atoms with Crippen molar-refractivity contribution in [1.29, 1.82) is 0 Å². The number of rotatable bonds is 3. The van der Waals surface area contributed by atoms with E-state index in [1.165, 1.54) is 5.56 Å². The van der Waals surface area contributed by atoms with Gasteiger partial charge in [-0.3, -0.25) is 4.79 Å². The first-order chi connectivity index (χ1) is 7.79. The molecule has 0 atom stereocenters. The van der Waals surface area contributed by atoms with E-state index >= 15 is 0 Å². The summed E-state index contributed by atoms with van der Waals surface area (Å²) in [6.07, 6.45) is 1.41. The molecule has 0 aliphatic heterocycles. The Bertz CT molecular complexity index is 489. The lowest BCUT2D eigenvalue weighted by molar-refractivity contribution is 0.112. The van der Waals surface area contributed by atoms with Crippen LogP contribution in [0.2, 0.25) is 0 Å². The second kappa shape index (κ2) is 4.62. The summed E-state index contributed by atoms with van der Waals surface area (Å²) in [6, 6.07) is 15.1. The number of benzene rings is 2. The number of hydrogen-bond acceptors (Lipinski definition) is 2. The second-order valence-corrected chi connectivity index (χ2v) is 3.67. The number of phenolic OH excluding ortho intramolecular Hbond substituents is 1. The van der Waals surface area contributed by atoms with Crippen molar-refractivity contribution in [3.63, 3.8) is 0 Å². The lowest BCUT2D eigenvalue weighted by Gasteiger charge is -2.03. The molecular formula is C14H12O2. The molecule has 0 aliphatic carbocycles. The van der Waals surface area contributed by atoms with Crippen molar-refractivity contribution in [2.45, 2.75) is 6.42 Å². The Morgan fingerprint density at radius 1 is 1.00 bits per heavy atom. The molecule has 2 aromatic carbocycles. The molecule has 0 saturated carbocycles. The summed E-state index contributed by atoms with van der Waals surface area (Å²) < 4.78 is 0. The van der Waals surface area contributed by atoms with E-state index < -0.39 is 0 Å². The quantitative estimate of drug-likeness (QED) is 0.794. The zero-order chi connectivity index (χ0) is 11.4. The van der Waals surface area contributed by atoms with Crippen LogP contribution in [0.25, 0.3) is 0 Å². The topological polar surface area (TPSA) is 37.3 Å². The Hall–Kier alpha value is -2.09. The number of phenols is 1. The molecule has 80 valence electrons. The minimum atomic E-state index is 0.0448. The molecule has 0 heterocycles. The van der Waals surface area contributed by atoms with Gasteiger partial charge in [-0.05, 0) is 29.7 Å². The van der Waals surface area contributed by atoms with E-state index in [1.807, 2.05) is 36.4 Å². The van der Waals surface area contributed by atoms with Crippen LogP contribution in [0.1, 0.15) is 21.5 Å². The second-order valence-electron chi connectivity index (χ2n) is 3.67. The molecule has 0 spiro atoms. The minimum Gasteiger partial charge on any atom is -0.507 e. The Morgan fingerprint density at radius 3 is 2.38 bits per heavy atom. The molecule has 2 heteroatoms. The van der Waals surface area contributed by atoms with Crippen LogP contribution in [0.4, 0.5) is 0 Å². The summed E-state index contributed by atoms with van der Waals surface area (Å²) >= 11 is 0. The Kier molecular flexibility index (Phi) is 3.01. The zero-order valence-corrected chi connectivity index (χ0v) is 8.76. The van der Waals surface area contributed by atoms with Crippen molar-refractivity contribution in [2.75, 3.05) is 0 Å². The van der Waals surface area contributed by atoms with E-state index in [-0.39, 0.29) is 5.75 Å². The van der Waals surface area contributed by atoms with Gasteiger partial charge in [-0.15, -0.1) is 0 Å². The minimum absolute atomic E-state index is 0.0448. The third-order valence-corrected chi connectivity index (χ3v) is 2.47. The molecule has 2 nitrogen and oxygen atoms in total. The predicted molar refractivity (Wildman–Crippen MR) is 62.7 cm³/mol. The molecule has 16 heavy (non-hydrogen) atoms. The maximum atomic E-state index is 10.5. The van der Waals surface area contributed by atoms with Crippen LogP contribution >= 0.6 is 0 Å². The highest BCUT2D eigenvalue weighted by Crippen LogP contribution is 2.19. The zero-order valence-electron chi connectivity index (χ0n) is 8.76. The van der Waals surface area contributed by atoms with Crippen LogP contribution in [-0.2, 0) is 6.42 Å². The third-order valence-electron chi connectivity index (χ3n) is 2.47. The number of aromatic hydroxyl groups is 1. The highest BCUT2D eigenvalue weighted by molar-refractivity contribution is 5.79. The summed E-state index contributed by atoms with van der Waals surface area (Å²) in [5.74, 6) is 0.0448. The van der Waals surface area contributed by atoms with Gasteiger partial charge in [0.15, 0.2) is 6.29 Å². The number of carbonyl (C=O) groups excluding carboxylic acids is 1. The molecule has 0 unspecified atom stereocenters. The fraction of sp³-hybridized carbons (Fsp3) is 0.0714. The average Bonchev–Trinajstić information content (AvgIpc) is 2.31. The van der Waals surface area contributed by atoms with E-state index in [1.54, 1.807) is 12.1 Å². The number of carbonyl (C=O) groups is 1. The van der Waals surface area contributed by atoms with Gasteiger partial charge < -0.3 is 5.11 Å². The van der Waals surface area contributed by atoms with Crippen LogP contribution in [0.15, 0.2) is 48.5 Å². The molecule has 0 saturated heterocycles. The normalized spacial score (nSPS) is 10.0. The largest absolute Gasteiger partial charge is 0.507 e. The summed E-state index contributed by atoms with van der Waals surface area (Å²) in [4.78, 5) is 10.5.